The summed E-state index contributed by atoms with van der Waals surface area (Å²) in [6, 6.07) is 3.83. The second-order valence-corrected chi connectivity index (χ2v) is 6.42. The molecular weight excluding hydrogens is 261 g/mol. The van der Waals surface area contributed by atoms with E-state index in [0.717, 1.165) is 37.2 Å². The van der Waals surface area contributed by atoms with E-state index in [0.29, 0.717) is 5.25 Å². The largest absolute Gasteiger partial charge is 0.381 e. The number of aryl methyl sites for hydroxylation is 1. The number of benzene rings is 1. The molecule has 0 aliphatic carbocycles. The van der Waals surface area contributed by atoms with E-state index < -0.39 is 0 Å². The highest BCUT2D eigenvalue weighted by Crippen LogP contribution is 2.35. The summed E-state index contributed by atoms with van der Waals surface area (Å²) >= 11 is 1.87. The fourth-order valence-corrected chi connectivity index (χ4v) is 3.64. The van der Waals surface area contributed by atoms with Crippen molar-refractivity contribution in [3.8, 4) is 0 Å². The topological polar surface area (TPSA) is 21.3 Å². The zero-order chi connectivity index (χ0) is 13.8. The Morgan fingerprint density at radius 1 is 1.37 bits per heavy atom. The number of hydrogen-bond acceptors (Lipinski definition) is 3. The van der Waals surface area contributed by atoms with Crippen LogP contribution in [0.2, 0.25) is 0 Å². The molecule has 0 radical (unpaired) electrons. The summed E-state index contributed by atoms with van der Waals surface area (Å²) in [4.78, 5) is 1.20. The lowest BCUT2D eigenvalue weighted by Gasteiger charge is -2.24. The Morgan fingerprint density at radius 2 is 2.05 bits per heavy atom. The molecule has 0 amide bonds. The van der Waals surface area contributed by atoms with Crippen molar-refractivity contribution in [3.63, 3.8) is 0 Å². The number of halogens is 1. The van der Waals surface area contributed by atoms with Crippen LogP contribution in [0.15, 0.2) is 17.0 Å². The Hall–Kier alpha value is -0.580. The first-order valence-corrected chi connectivity index (χ1v) is 7.71. The Kier molecular flexibility index (Phi) is 5.25. The van der Waals surface area contributed by atoms with Crippen LogP contribution in [0, 0.1) is 12.7 Å². The predicted octanol–water partition coefficient (Wildman–Crippen LogP) is 3.69. The van der Waals surface area contributed by atoms with Crippen LogP contribution in [0.4, 0.5) is 4.39 Å². The molecule has 1 aliphatic rings. The Labute approximate surface area is 119 Å². The van der Waals surface area contributed by atoms with Crippen molar-refractivity contribution in [2.45, 2.75) is 42.9 Å². The van der Waals surface area contributed by atoms with Gasteiger partial charge in [0.05, 0.1) is 0 Å². The van der Waals surface area contributed by atoms with Gasteiger partial charge in [-0.2, -0.15) is 0 Å². The van der Waals surface area contributed by atoms with Gasteiger partial charge in [0, 0.05) is 29.4 Å². The van der Waals surface area contributed by atoms with Crippen molar-refractivity contribution < 1.29 is 9.13 Å². The first-order valence-electron chi connectivity index (χ1n) is 6.83. The lowest BCUT2D eigenvalue weighted by atomic mass is 10.1. The number of thioether (sulfide) groups is 1. The molecule has 4 heteroatoms. The second-order valence-electron chi connectivity index (χ2n) is 5.08. The van der Waals surface area contributed by atoms with E-state index >= 15 is 0 Å². The van der Waals surface area contributed by atoms with Crippen molar-refractivity contribution >= 4 is 11.8 Å². The highest BCUT2D eigenvalue weighted by Gasteiger charge is 2.19. The number of ether oxygens (including phenoxy) is 1. The minimum atomic E-state index is -0.117. The Balaban J connectivity index is 2.23. The summed E-state index contributed by atoms with van der Waals surface area (Å²) in [7, 11) is 1.91. The molecule has 19 heavy (non-hydrogen) atoms. The standard InChI is InChI=1S/C15H22FNOS/c1-10-8-15(19-12-4-6-18-7-5-12)13(9-14(10)16)11(2)17-3/h8-9,11-12,17H,4-7H2,1-3H3. The molecule has 0 bridgehead atoms. The predicted molar refractivity (Wildman–Crippen MR) is 78.3 cm³/mol. The molecule has 1 N–H and O–H groups in total. The summed E-state index contributed by atoms with van der Waals surface area (Å²) in [6.07, 6.45) is 2.16. The molecule has 1 aromatic rings. The number of hydrogen-bond donors (Lipinski definition) is 1. The summed E-state index contributed by atoms with van der Waals surface area (Å²) in [5.41, 5.74) is 1.78. The molecule has 1 aliphatic heterocycles. The fraction of sp³-hybridized carbons (Fsp3) is 0.600. The van der Waals surface area contributed by atoms with Crippen LogP contribution in [0.5, 0.6) is 0 Å². The third-order valence-electron chi connectivity index (χ3n) is 3.65. The van der Waals surface area contributed by atoms with Gasteiger partial charge in [-0.15, -0.1) is 11.8 Å². The molecule has 0 aromatic heterocycles. The van der Waals surface area contributed by atoms with E-state index in [1.807, 2.05) is 31.8 Å². The molecule has 0 spiro atoms. The first kappa shape index (κ1) is 14.8. The fourth-order valence-electron chi connectivity index (χ4n) is 2.24. The minimum Gasteiger partial charge on any atom is -0.381 e. The lowest BCUT2D eigenvalue weighted by Crippen LogP contribution is -2.19. The highest BCUT2D eigenvalue weighted by molar-refractivity contribution is 8.00. The molecule has 1 aromatic carbocycles. The SMILES string of the molecule is CNC(C)c1cc(F)c(C)cc1SC1CCOCC1. The van der Waals surface area contributed by atoms with Crippen LogP contribution in [-0.2, 0) is 4.74 Å². The normalized spacial score (nSPS) is 18.5. The molecule has 1 fully saturated rings. The molecule has 1 saturated heterocycles. The number of rotatable bonds is 4. The van der Waals surface area contributed by atoms with Crippen molar-refractivity contribution in [2.75, 3.05) is 20.3 Å². The number of nitrogens with one attached hydrogen (secondary N) is 1. The van der Waals surface area contributed by atoms with Gasteiger partial charge in [-0.05, 0) is 57.0 Å². The summed E-state index contributed by atoms with van der Waals surface area (Å²) < 4.78 is 19.2. The average Bonchev–Trinajstić information content (AvgIpc) is 2.43. The third kappa shape index (κ3) is 3.71. The Morgan fingerprint density at radius 3 is 2.68 bits per heavy atom. The maximum absolute atomic E-state index is 13.8. The van der Waals surface area contributed by atoms with Gasteiger partial charge in [0.25, 0.3) is 0 Å². The van der Waals surface area contributed by atoms with Gasteiger partial charge in [0.15, 0.2) is 0 Å². The van der Waals surface area contributed by atoms with Crippen molar-refractivity contribution in [1.29, 1.82) is 0 Å². The van der Waals surface area contributed by atoms with Crippen molar-refractivity contribution in [1.82, 2.24) is 5.32 Å². The molecule has 2 nitrogen and oxygen atoms in total. The lowest BCUT2D eigenvalue weighted by molar-refractivity contribution is 0.1000. The van der Waals surface area contributed by atoms with Crippen LogP contribution in [0.1, 0.15) is 36.9 Å². The zero-order valence-electron chi connectivity index (χ0n) is 11.8. The van der Waals surface area contributed by atoms with Gasteiger partial charge >= 0.3 is 0 Å². The van der Waals surface area contributed by atoms with Gasteiger partial charge in [-0.1, -0.05) is 0 Å². The van der Waals surface area contributed by atoms with Crippen LogP contribution < -0.4 is 5.32 Å². The third-order valence-corrected chi connectivity index (χ3v) is 5.06. The van der Waals surface area contributed by atoms with Gasteiger partial charge < -0.3 is 10.1 Å². The maximum Gasteiger partial charge on any atom is 0.126 e. The summed E-state index contributed by atoms with van der Waals surface area (Å²) in [5.74, 6) is -0.117. The van der Waals surface area contributed by atoms with Gasteiger partial charge in [0.1, 0.15) is 5.82 Å². The maximum atomic E-state index is 13.8. The molecule has 1 heterocycles. The highest BCUT2D eigenvalue weighted by atomic mass is 32.2. The van der Waals surface area contributed by atoms with Gasteiger partial charge in [0.2, 0.25) is 0 Å². The molecular formula is C15H22FNOS. The molecule has 1 unspecified atom stereocenters. The zero-order valence-corrected chi connectivity index (χ0v) is 12.6. The van der Waals surface area contributed by atoms with E-state index in [2.05, 4.69) is 12.2 Å². The van der Waals surface area contributed by atoms with Gasteiger partial charge in [-0.25, -0.2) is 4.39 Å². The monoisotopic (exact) mass is 283 g/mol. The first-order chi connectivity index (χ1) is 9.11. The van der Waals surface area contributed by atoms with E-state index in [4.69, 9.17) is 4.74 Å². The second kappa shape index (κ2) is 6.73. The van der Waals surface area contributed by atoms with E-state index in [-0.39, 0.29) is 11.9 Å². The molecule has 1 atom stereocenters. The van der Waals surface area contributed by atoms with E-state index in [9.17, 15) is 4.39 Å². The summed E-state index contributed by atoms with van der Waals surface area (Å²) in [5, 5.41) is 3.79. The van der Waals surface area contributed by atoms with Crippen LogP contribution in [-0.4, -0.2) is 25.5 Å². The van der Waals surface area contributed by atoms with Gasteiger partial charge in [-0.3, -0.25) is 0 Å². The quantitative estimate of drug-likeness (QED) is 0.910. The van der Waals surface area contributed by atoms with Crippen LogP contribution in [0.3, 0.4) is 0 Å². The summed E-state index contributed by atoms with van der Waals surface area (Å²) in [6.45, 7) is 5.58. The van der Waals surface area contributed by atoms with Crippen LogP contribution >= 0.6 is 11.8 Å². The smallest absolute Gasteiger partial charge is 0.126 e. The Bertz CT molecular complexity index is 432. The van der Waals surface area contributed by atoms with Crippen molar-refractivity contribution in [2.24, 2.45) is 0 Å². The van der Waals surface area contributed by atoms with Crippen molar-refractivity contribution in [3.05, 3.63) is 29.1 Å². The minimum absolute atomic E-state index is 0.117. The molecule has 2 rings (SSSR count). The molecule has 0 saturated carbocycles. The molecule has 106 valence electrons. The average molecular weight is 283 g/mol. The van der Waals surface area contributed by atoms with E-state index in [1.165, 1.54) is 4.90 Å². The van der Waals surface area contributed by atoms with Crippen LogP contribution in [0.25, 0.3) is 0 Å². The van der Waals surface area contributed by atoms with E-state index in [1.54, 1.807) is 6.07 Å².